The minimum absolute atomic E-state index is 0.0309. The fourth-order valence-electron chi connectivity index (χ4n) is 3.14. The predicted octanol–water partition coefficient (Wildman–Crippen LogP) is 3.55. The number of carbonyl (C=O) groups is 3. The van der Waals surface area contributed by atoms with Crippen LogP contribution in [0.5, 0.6) is 0 Å². The van der Waals surface area contributed by atoms with Crippen LogP contribution in [0.4, 0.5) is 0 Å². The van der Waals surface area contributed by atoms with Gasteiger partial charge in [-0.2, -0.15) is 0 Å². The van der Waals surface area contributed by atoms with Crippen LogP contribution in [0.1, 0.15) is 44.1 Å². The Balaban J connectivity index is 1.86. The lowest BCUT2D eigenvalue weighted by Gasteiger charge is -2.33. The molecule has 0 saturated carbocycles. The molecule has 5 nitrogen and oxygen atoms in total. The van der Waals surface area contributed by atoms with Gasteiger partial charge in [0.1, 0.15) is 0 Å². The first kappa shape index (κ1) is 20.6. The van der Waals surface area contributed by atoms with E-state index in [1.54, 1.807) is 11.0 Å². The quantitative estimate of drug-likeness (QED) is 0.389. The Kier molecular flexibility index (Phi) is 8.49. The number of amides is 1. The van der Waals surface area contributed by atoms with Gasteiger partial charge in [0.2, 0.25) is 5.91 Å². The number of carboxylic acid groups (broad SMARTS) is 1. The number of piperidine rings is 1. The van der Waals surface area contributed by atoms with E-state index >= 15 is 0 Å². The molecule has 1 aromatic carbocycles. The van der Waals surface area contributed by atoms with E-state index in [1.165, 1.54) is 0 Å². The molecule has 0 aliphatic carbocycles. The van der Waals surface area contributed by atoms with Crippen LogP contribution in [0.3, 0.4) is 0 Å². The molecule has 1 aromatic rings. The predicted molar refractivity (Wildman–Crippen MR) is 104 cm³/mol. The maximum Gasteiger partial charge on any atom is 0.303 e. The Morgan fingerprint density at radius 1 is 1.19 bits per heavy atom. The third-order valence-electron chi connectivity index (χ3n) is 4.57. The van der Waals surface area contributed by atoms with Gasteiger partial charge in [0.05, 0.1) is 6.04 Å². The zero-order valence-electron chi connectivity index (χ0n) is 15.5. The fraction of sp³-hybridized carbons (Fsp3) is 0.409. The van der Waals surface area contributed by atoms with Gasteiger partial charge in [0, 0.05) is 25.8 Å². The number of ketones is 1. The molecule has 0 bridgehead atoms. The molecular weight excluding hydrogens is 342 g/mol. The van der Waals surface area contributed by atoms with Crippen LogP contribution in [0, 0.1) is 0 Å². The van der Waals surface area contributed by atoms with E-state index in [-0.39, 0.29) is 24.2 Å². The highest BCUT2D eigenvalue weighted by molar-refractivity contribution is 5.91. The molecule has 1 N–H and O–H groups in total. The molecule has 0 radical (unpaired) electrons. The lowest BCUT2D eigenvalue weighted by Crippen LogP contribution is -2.42. The minimum Gasteiger partial charge on any atom is -0.481 e. The molecule has 1 atom stereocenters. The van der Waals surface area contributed by atoms with E-state index in [4.69, 9.17) is 5.11 Å². The third kappa shape index (κ3) is 7.60. The zero-order chi connectivity index (χ0) is 19.5. The second-order valence-electron chi connectivity index (χ2n) is 6.75. The average Bonchev–Trinajstić information content (AvgIpc) is 2.65. The monoisotopic (exact) mass is 369 g/mol. The molecular formula is C22H27NO4. The van der Waals surface area contributed by atoms with E-state index in [9.17, 15) is 14.4 Å². The van der Waals surface area contributed by atoms with Crippen molar-refractivity contribution in [2.24, 2.45) is 0 Å². The van der Waals surface area contributed by atoms with Crippen LogP contribution >= 0.6 is 0 Å². The fourth-order valence-corrected chi connectivity index (χ4v) is 3.14. The van der Waals surface area contributed by atoms with Crippen molar-refractivity contribution in [2.75, 3.05) is 6.54 Å². The Hall–Kier alpha value is -2.69. The first-order valence-electron chi connectivity index (χ1n) is 9.47. The van der Waals surface area contributed by atoms with Crippen LogP contribution in [0.25, 0.3) is 0 Å². The van der Waals surface area contributed by atoms with Crippen molar-refractivity contribution < 1.29 is 19.5 Å². The largest absolute Gasteiger partial charge is 0.481 e. The second kappa shape index (κ2) is 11.1. The highest BCUT2D eigenvalue weighted by Crippen LogP contribution is 2.19. The number of carboxylic acids is 1. The van der Waals surface area contributed by atoms with E-state index in [1.807, 2.05) is 48.6 Å². The van der Waals surface area contributed by atoms with Gasteiger partial charge in [0.15, 0.2) is 5.78 Å². The maximum atomic E-state index is 12.2. The summed E-state index contributed by atoms with van der Waals surface area (Å²) in [7, 11) is 0. The summed E-state index contributed by atoms with van der Waals surface area (Å²) in [5.41, 5.74) is 0.980. The van der Waals surface area contributed by atoms with Crippen molar-refractivity contribution in [1.29, 1.82) is 0 Å². The Labute approximate surface area is 160 Å². The molecule has 1 aliphatic rings. The zero-order valence-corrected chi connectivity index (χ0v) is 15.5. The van der Waals surface area contributed by atoms with Crippen molar-refractivity contribution in [1.82, 2.24) is 4.90 Å². The SMILES string of the molecule is O=C(O)CCC/C=C\CN1C(=O)CCCC1C=CC(=O)Cc1ccccc1. The Morgan fingerprint density at radius 2 is 1.96 bits per heavy atom. The van der Waals surface area contributed by atoms with Gasteiger partial charge < -0.3 is 10.0 Å². The molecule has 1 saturated heterocycles. The number of likely N-dealkylation sites (tertiary alicyclic amines) is 1. The number of benzene rings is 1. The van der Waals surface area contributed by atoms with E-state index < -0.39 is 5.97 Å². The van der Waals surface area contributed by atoms with Gasteiger partial charge in [-0.25, -0.2) is 0 Å². The van der Waals surface area contributed by atoms with Gasteiger partial charge in [-0.05, 0) is 37.3 Å². The van der Waals surface area contributed by atoms with E-state index in [0.29, 0.717) is 32.2 Å². The number of unbranched alkanes of at least 4 members (excludes halogenated alkanes) is 1. The lowest BCUT2D eigenvalue weighted by molar-refractivity contribution is -0.137. The van der Waals surface area contributed by atoms with Crippen LogP contribution in [0.15, 0.2) is 54.6 Å². The number of allylic oxidation sites excluding steroid dienone is 2. The number of nitrogens with zero attached hydrogens (tertiary/aromatic N) is 1. The number of carbonyl (C=O) groups excluding carboxylic acids is 2. The smallest absolute Gasteiger partial charge is 0.303 e. The summed E-state index contributed by atoms with van der Waals surface area (Å²) >= 11 is 0. The molecule has 0 spiro atoms. The molecule has 1 fully saturated rings. The van der Waals surface area contributed by atoms with Gasteiger partial charge in [-0.1, -0.05) is 48.6 Å². The van der Waals surface area contributed by atoms with Crippen LogP contribution in [-0.2, 0) is 20.8 Å². The Morgan fingerprint density at radius 3 is 2.70 bits per heavy atom. The van der Waals surface area contributed by atoms with Crippen molar-refractivity contribution in [3.05, 3.63) is 60.2 Å². The molecule has 27 heavy (non-hydrogen) atoms. The van der Waals surface area contributed by atoms with Crippen molar-refractivity contribution >= 4 is 17.7 Å². The van der Waals surface area contributed by atoms with Crippen molar-refractivity contribution in [3.8, 4) is 0 Å². The second-order valence-corrected chi connectivity index (χ2v) is 6.75. The first-order chi connectivity index (χ1) is 13.1. The first-order valence-corrected chi connectivity index (χ1v) is 9.47. The normalized spacial score (nSPS) is 17.7. The molecule has 144 valence electrons. The summed E-state index contributed by atoms with van der Waals surface area (Å²) in [6.45, 7) is 0.494. The Bertz CT molecular complexity index is 694. The summed E-state index contributed by atoms with van der Waals surface area (Å²) in [5.74, 6) is -0.662. The summed E-state index contributed by atoms with van der Waals surface area (Å²) in [5, 5.41) is 8.63. The topological polar surface area (TPSA) is 74.7 Å². The molecule has 5 heteroatoms. The summed E-state index contributed by atoms with van der Waals surface area (Å²) in [6, 6.07) is 9.54. The van der Waals surface area contributed by atoms with Crippen molar-refractivity contribution in [2.45, 2.75) is 51.0 Å². The maximum absolute atomic E-state index is 12.2. The van der Waals surface area contributed by atoms with Crippen LogP contribution in [0.2, 0.25) is 0 Å². The standard InChI is InChI=1S/C22H27NO4/c24-20(17-18-9-4-3-5-10-18)15-14-19-11-8-12-21(25)23(19)16-7-2-1-6-13-22(26)27/h2-5,7,9-10,14-15,19H,1,6,8,11-13,16-17H2,(H,26,27)/b7-2-,15-14?. The lowest BCUT2D eigenvalue weighted by atomic mass is 10.00. The van der Waals surface area contributed by atoms with Gasteiger partial charge >= 0.3 is 5.97 Å². The van der Waals surface area contributed by atoms with E-state index in [0.717, 1.165) is 18.4 Å². The minimum atomic E-state index is -0.792. The highest BCUT2D eigenvalue weighted by Gasteiger charge is 2.25. The number of rotatable bonds is 10. The third-order valence-corrected chi connectivity index (χ3v) is 4.57. The molecule has 2 rings (SSSR count). The molecule has 1 aliphatic heterocycles. The summed E-state index contributed by atoms with van der Waals surface area (Å²) in [4.78, 5) is 36.7. The summed E-state index contributed by atoms with van der Waals surface area (Å²) < 4.78 is 0. The van der Waals surface area contributed by atoms with Gasteiger partial charge in [-0.15, -0.1) is 0 Å². The molecule has 1 heterocycles. The number of aliphatic carboxylic acids is 1. The van der Waals surface area contributed by atoms with Gasteiger partial charge in [0.25, 0.3) is 0 Å². The average molecular weight is 369 g/mol. The molecule has 1 unspecified atom stereocenters. The van der Waals surface area contributed by atoms with Crippen LogP contribution in [-0.4, -0.2) is 40.3 Å². The number of hydrogen-bond donors (Lipinski definition) is 1. The number of hydrogen-bond acceptors (Lipinski definition) is 3. The van der Waals surface area contributed by atoms with E-state index in [2.05, 4.69) is 0 Å². The molecule has 1 amide bonds. The van der Waals surface area contributed by atoms with Crippen molar-refractivity contribution in [3.63, 3.8) is 0 Å². The summed E-state index contributed by atoms with van der Waals surface area (Å²) in [6.07, 6.45) is 11.3. The van der Waals surface area contributed by atoms with Gasteiger partial charge in [-0.3, -0.25) is 14.4 Å². The van der Waals surface area contributed by atoms with Crippen LogP contribution < -0.4 is 0 Å². The highest BCUT2D eigenvalue weighted by atomic mass is 16.4. The molecule has 0 aromatic heterocycles.